The minimum absolute atomic E-state index is 0.106. The Bertz CT molecular complexity index is 995. The zero-order chi connectivity index (χ0) is 24.2. The largest absolute Gasteiger partial charge is 0.462 e. The fourth-order valence-corrected chi connectivity index (χ4v) is 4.44. The predicted octanol–water partition coefficient (Wildman–Crippen LogP) is 6.19. The van der Waals surface area contributed by atoms with Crippen molar-refractivity contribution in [1.29, 1.82) is 0 Å². The lowest BCUT2D eigenvalue weighted by molar-refractivity contribution is -0.136. The van der Waals surface area contributed by atoms with Gasteiger partial charge in [-0.25, -0.2) is 9.59 Å². The molecule has 9 heteroatoms. The van der Waals surface area contributed by atoms with Crippen molar-refractivity contribution in [2.75, 3.05) is 11.9 Å². The molecule has 0 radical (unpaired) electrons. The zero-order valence-electron chi connectivity index (χ0n) is 19.1. The van der Waals surface area contributed by atoms with E-state index >= 15 is 0 Å². The van der Waals surface area contributed by atoms with E-state index in [4.69, 9.17) is 4.74 Å². The fourth-order valence-electron chi connectivity index (χ4n) is 4.44. The van der Waals surface area contributed by atoms with E-state index in [0.29, 0.717) is 22.5 Å². The van der Waals surface area contributed by atoms with Gasteiger partial charge in [-0.3, -0.25) is 0 Å². The number of amides is 2. The normalized spacial score (nSPS) is 14.7. The van der Waals surface area contributed by atoms with E-state index in [2.05, 4.69) is 10.3 Å². The molecule has 0 spiro atoms. The number of carbonyl (C=O) groups is 2. The Labute approximate surface area is 191 Å². The Balaban J connectivity index is 1.90. The van der Waals surface area contributed by atoms with Gasteiger partial charge in [-0.05, 0) is 51.3 Å². The quantitative estimate of drug-likeness (QED) is 0.499. The summed E-state index contributed by atoms with van der Waals surface area (Å²) in [5, 5.41) is 2.48. The summed E-state index contributed by atoms with van der Waals surface area (Å²) in [5.74, 6) is -0.442. The van der Waals surface area contributed by atoms with Crippen LogP contribution in [0.2, 0.25) is 0 Å². The number of aryl methyl sites for hydroxylation is 1. The number of nitrogens with zero attached hydrogens (tertiary/aromatic N) is 1. The number of benzene rings is 1. The number of carbonyl (C=O) groups excluding carboxylic acids is 2. The van der Waals surface area contributed by atoms with Crippen LogP contribution >= 0.6 is 0 Å². The second-order valence-electron chi connectivity index (χ2n) is 8.34. The maximum atomic E-state index is 13.4. The molecule has 1 fully saturated rings. The molecule has 33 heavy (non-hydrogen) atoms. The lowest BCUT2D eigenvalue weighted by atomic mass is 9.94. The highest BCUT2D eigenvalue weighted by Gasteiger charge is 2.35. The first kappa shape index (κ1) is 24.7. The number of H-pyrrole nitrogens is 1. The maximum absolute atomic E-state index is 13.4. The third-order valence-corrected chi connectivity index (χ3v) is 6.10. The van der Waals surface area contributed by atoms with Crippen molar-refractivity contribution in [2.45, 2.75) is 71.6 Å². The first-order valence-electron chi connectivity index (χ1n) is 11.2. The van der Waals surface area contributed by atoms with Crippen LogP contribution in [0.5, 0.6) is 0 Å². The molecule has 0 atom stereocenters. The number of esters is 1. The number of ether oxygens (including phenoxy) is 1. The Kier molecular flexibility index (Phi) is 7.71. The minimum atomic E-state index is -4.58. The number of anilines is 1. The summed E-state index contributed by atoms with van der Waals surface area (Å²) in [7, 11) is 0. The van der Waals surface area contributed by atoms with Gasteiger partial charge in [-0.1, -0.05) is 31.4 Å². The second kappa shape index (κ2) is 10.3. The molecule has 0 unspecified atom stereocenters. The van der Waals surface area contributed by atoms with Crippen molar-refractivity contribution in [1.82, 2.24) is 9.88 Å². The van der Waals surface area contributed by atoms with Gasteiger partial charge in [0.25, 0.3) is 0 Å². The summed E-state index contributed by atoms with van der Waals surface area (Å²) in [4.78, 5) is 30.4. The van der Waals surface area contributed by atoms with Crippen LogP contribution in [0.15, 0.2) is 24.3 Å². The van der Waals surface area contributed by atoms with Gasteiger partial charge in [-0.2, -0.15) is 13.2 Å². The molecular weight excluding hydrogens is 435 g/mol. The zero-order valence-corrected chi connectivity index (χ0v) is 19.1. The van der Waals surface area contributed by atoms with E-state index in [1.165, 1.54) is 18.2 Å². The van der Waals surface area contributed by atoms with Gasteiger partial charge < -0.3 is 19.9 Å². The highest BCUT2D eigenvalue weighted by atomic mass is 19.4. The number of hydrogen-bond donors (Lipinski definition) is 2. The second-order valence-corrected chi connectivity index (χ2v) is 8.34. The number of para-hydroxylation sites is 1. The van der Waals surface area contributed by atoms with Crippen molar-refractivity contribution >= 4 is 17.7 Å². The summed E-state index contributed by atoms with van der Waals surface area (Å²) in [5.41, 5.74) is 1.24. The third kappa shape index (κ3) is 5.69. The molecular formula is C24H30F3N3O3. The summed E-state index contributed by atoms with van der Waals surface area (Å²) in [6.07, 6.45) is -0.0673. The summed E-state index contributed by atoms with van der Waals surface area (Å²) >= 11 is 0. The van der Waals surface area contributed by atoms with Crippen molar-refractivity contribution < 1.29 is 27.5 Å². The van der Waals surface area contributed by atoms with Gasteiger partial charge in [-0.15, -0.1) is 0 Å². The van der Waals surface area contributed by atoms with Gasteiger partial charge in [0, 0.05) is 17.4 Å². The first-order chi connectivity index (χ1) is 15.6. The number of nitrogens with one attached hydrogen (secondary N) is 2. The highest BCUT2D eigenvalue weighted by molar-refractivity contribution is 5.93. The Hall–Kier alpha value is -2.97. The van der Waals surface area contributed by atoms with Crippen molar-refractivity contribution in [3.8, 4) is 0 Å². The lowest BCUT2D eigenvalue weighted by Crippen LogP contribution is -2.43. The monoisotopic (exact) mass is 465 g/mol. The SMILES string of the molecule is CCOC(=O)c1c(C)[nH]c(CN(C(=O)Nc2ccccc2C(F)(F)F)C2CCCCC2)c1C. The molecule has 0 aliphatic heterocycles. The Morgan fingerprint density at radius 2 is 1.82 bits per heavy atom. The minimum Gasteiger partial charge on any atom is -0.462 e. The van der Waals surface area contributed by atoms with Crippen LogP contribution in [-0.4, -0.2) is 34.5 Å². The molecule has 0 saturated heterocycles. The summed E-state index contributed by atoms with van der Waals surface area (Å²) in [6, 6.07) is 4.25. The standard InChI is InChI=1S/C24H30F3N3O3/c1-4-33-22(31)21-15(2)20(28-16(21)3)14-30(17-10-6-5-7-11-17)23(32)29-19-13-9-8-12-18(19)24(25,26)27/h8-9,12-13,17,28H,4-7,10-11,14H2,1-3H3,(H,29,32). The molecule has 6 nitrogen and oxygen atoms in total. The molecule has 1 aromatic heterocycles. The number of aromatic nitrogens is 1. The fraction of sp³-hybridized carbons (Fsp3) is 0.500. The van der Waals surface area contributed by atoms with Gasteiger partial charge in [0.1, 0.15) is 0 Å². The van der Waals surface area contributed by atoms with Crippen molar-refractivity contribution in [3.05, 3.63) is 52.3 Å². The number of alkyl halides is 3. The number of rotatable bonds is 6. The number of aromatic amines is 1. The molecule has 1 heterocycles. The van der Waals surface area contributed by atoms with Crippen LogP contribution in [-0.2, 0) is 17.5 Å². The predicted molar refractivity (Wildman–Crippen MR) is 119 cm³/mol. The average molecular weight is 466 g/mol. The topological polar surface area (TPSA) is 74.4 Å². The lowest BCUT2D eigenvalue weighted by Gasteiger charge is -2.34. The molecule has 0 bridgehead atoms. The first-order valence-corrected chi connectivity index (χ1v) is 11.2. The van der Waals surface area contributed by atoms with E-state index in [0.717, 1.165) is 38.2 Å². The van der Waals surface area contributed by atoms with Crippen LogP contribution in [0.3, 0.4) is 0 Å². The van der Waals surface area contributed by atoms with Gasteiger partial charge in [0.05, 0.1) is 30.0 Å². The molecule has 2 aromatic rings. The molecule has 1 aromatic carbocycles. The molecule has 180 valence electrons. The number of hydrogen-bond acceptors (Lipinski definition) is 3. The number of halogens is 3. The molecule has 3 rings (SSSR count). The van der Waals surface area contributed by atoms with E-state index in [1.807, 2.05) is 0 Å². The van der Waals surface area contributed by atoms with Crippen LogP contribution in [0.4, 0.5) is 23.7 Å². The molecule has 1 saturated carbocycles. The van der Waals surface area contributed by atoms with Crippen LogP contribution < -0.4 is 5.32 Å². The number of urea groups is 1. The molecule has 1 aliphatic carbocycles. The van der Waals surface area contributed by atoms with E-state index in [1.54, 1.807) is 25.7 Å². The van der Waals surface area contributed by atoms with Crippen LogP contribution in [0.1, 0.15) is 71.9 Å². The summed E-state index contributed by atoms with van der Waals surface area (Å²) in [6.45, 7) is 5.66. The van der Waals surface area contributed by atoms with Gasteiger partial charge in [0.15, 0.2) is 0 Å². The van der Waals surface area contributed by atoms with Gasteiger partial charge in [0.2, 0.25) is 0 Å². The molecule has 2 N–H and O–H groups in total. The molecule has 2 amide bonds. The van der Waals surface area contributed by atoms with E-state index in [9.17, 15) is 22.8 Å². The Morgan fingerprint density at radius 1 is 1.15 bits per heavy atom. The Morgan fingerprint density at radius 3 is 2.45 bits per heavy atom. The average Bonchev–Trinajstić information content (AvgIpc) is 3.05. The van der Waals surface area contributed by atoms with Crippen LogP contribution in [0, 0.1) is 13.8 Å². The highest BCUT2D eigenvalue weighted by Crippen LogP contribution is 2.35. The van der Waals surface area contributed by atoms with Crippen molar-refractivity contribution in [2.24, 2.45) is 0 Å². The van der Waals surface area contributed by atoms with E-state index in [-0.39, 0.29) is 24.9 Å². The van der Waals surface area contributed by atoms with E-state index < -0.39 is 23.7 Å². The maximum Gasteiger partial charge on any atom is 0.418 e. The molecule has 1 aliphatic rings. The smallest absolute Gasteiger partial charge is 0.418 e. The van der Waals surface area contributed by atoms with Crippen molar-refractivity contribution in [3.63, 3.8) is 0 Å². The van der Waals surface area contributed by atoms with Crippen LogP contribution in [0.25, 0.3) is 0 Å². The van der Waals surface area contributed by atoms with Gasteiger partial charge >= 0.3 is 18.2 Å². The summed E-state index contributed by atoms with van der Waals surface area (Å²) < 4.78 is 45.4. The third-order valence-electron chi connectivity index (χ3n) is 6.10.